The van der Waals surface area contributed by atoms with Crippen molar-refractivity contribution in [3.8, 4) is 0 Å². The molecule has 0 aliphatic carbocycles. The van der Waals surface area contributed by atoms with Crippen LogP contribution in [0.5, 0.6) is 0 Å². The maximum atomic E-state index is 13.2. The van der Waals surface area contributed by atoms with Gasteiger partial charge in [0.15, 0.2) is 0 Å². The number of hydrogen-bond acceptors (Lipinski definition) is 1. The second-order valence-electron chi connectivity index (χ2n) is 4.55. The van der Waals surface area contributed by atoms with Gasteiger partial charge < -0.3 is 0 Å². The summed E-state index contributed by atoms with van der Waals surface area (Å²) in [5.41, 5.74) is 1.19. The first-order chi connectivity index (χ1) is 7.32. The van der Waals surface area contributed by atoms with Gasteiger partial charge in [-0.3, -0.25) is 0 Å². The summed E-state index contributed by atoms with van der Waals surface area (Å²) in [6, 6.07) is 4.76. The summed E-state index contributed by atoms with van der Waals surface area (Å²) in [6.45, 7) is 7.22. The smallest absolute Gasteiger partial charge is 0.144 e. The van der Waals surface area contributed by atoms with Crippen LogP contribution in [0.25, 0.3) is 0 Å². The average Bonchev–Trinajstić information content (AvgIpc) is 2.18. The third-order valence-corrected chi connectivity index (χ3v) is 3.47. The molecule has 0 saturated carbocycles. The molecule has 0 aliphatic rings. The van der Waals surface area contributed by atoms with Gasteiger partial charge in [0, 0.05) is 6.21 Å². The predicted octanol–water partition coefficient (Wildman–Crippen LogP) is 3.02. The van der Waals surface area contributed by atoms with Crippen LogP contribution in [-0.4, -0.2) is 15.2 Å². The van der Waals surface area contributed by atoms with Gasteiger partial charge in [-0.05, 0) is 44.9 Å². The minimum atomic E-state index is -1.31. The minimum Gasteiger partial charge on any atom is -0.234 e. The molecule has 1 aromatic rings. The topological polar surface area (TPSA) is 29.4 Å². The van der Waals surface area contributed by atoms with Gasteiger partial charge in [0.1, 0.15) is 16.8 Å². The van der Waals surface area contributed by atoms with Crippen LogP contribution in [0.4, 0.5) is 4.39 Å². The Morgan fingerprint density at radius 3 is 2.56 bits per heavy atom. The summed E-state index contributed by atoms with van der Waals surface area (Å²) < 4.78 is 28.4. The zero-order valence-corrected chi connectivity index (χ0v) is 10.8. The Morgan fingerprint density at radius 1 is 1.38 bits per heavy atom. The van der Waals surface area contributed by atoms with Crippen LogP contribution in [0.15, 0.2) is 22.6 Å². The van der Waals surface area contributed by atoms with Crippen LogP contribution in [0.3, 0.4) is 0 Å². The van der Waals surface area contributed by atoms with Crippen molar-refractivity contribution >= 4 is 17.2 Å². The Bertz CT molecular complexity index is 435. The van der Waals surface area contributed by atoms with E-state index in [4.69, 9.17) is 0 Å². The fourth-order valence-corrected chi connectivity index (χ4v) is 1.55. The van der Waals surface area contributed by atoms with E-state index in [1.165, 1.54) is 12.3 Å². The second-order valence-corrected chi connectivity index (χ2v) is 6.48. The lowest BCUT2D eigenvalue weighted by Crippen LogP contribution is -2.19. The van der Waals surface area contributed by atoms with Crippen LogP contribution in [0, 0.1) is 12.7 Å². The fourth-order valence-electron chi connectivity index (χ4n) is 1.03. The van der Waals surface area contributed by atoms with Gasteiger partial charge in [-0.1, -0.05) is 12.1 Å². The van der Waals surface area contributed by atoms with E-state index in [0.717, 1.165) is 0 Å². The van der Waals surface area contributed by atoms with Crippen molar-refractivity contribution in [1.82, 2.24) is 0 Å². The molecule has 88 valence electrons. The average molecular weight is 241 g/mol. The standard InChI is InChI=1S/C12H16FNOS/c1-9-10(6-5-7-11(9)13)8-14-16(15)12(2,3)4/h5-8H,1-4H3/b14-8+/t16-/m0/s1. The first-order valence-corrected chi connectivity index (χ1v) is 6.14. The largest absolute Gasteiger partial charge is 0.234 e. The predicted molar refractivity (Wildman–Crippen MR) is 66.6 cm³/mol. The summed E-state index contributed by atoms with van der Waals surface area (Å²) in [7, 11) is -1.31. The van der Waals surface area contributed by atoms with Crippen LogP contribution < -0.4 is 0 Å². The van der Waals surface area contributed by atoms with E-state index in [9.17, 15) is 8.60 Å². The number of rotatable bonds is 2. The zero-order chi connectivity index (χ0) is 12.3. The first-order valence-electron chi connectivity index (χ1n) is 5.03. The SMILES string of the molecule is Cc1c(F)cccc1/C=N/[S@@](=O)C(C)(C)C. The van der Waals surface area contributed by atoms with Crippen molar-refractivity contribution < 1.29 is 8.60 Å². The number of benzene rings is 1. The lowest BCUT2D eigenvalue weighted by atomic mass is 10.1. The normalized spacial score (nSPS) is 14.3. The monoisotopic (exact) mass is 241 g/mol. The highest BCUT2D eigenvalue weighted by atomic mass is 32.2. The molecular weight excluding hydrogens is 225 g/mol. The molecule has 0 spiro atoms. The highest BCUT2D eigenvalue weighted by molar-refractivity contribution is 7.85. The van der Waals surface area contributed by atoms with Crippen molar-refractivity contribution in [2.24, 2.45) is 4.40 Å². The van der Waals surface area contributed by atoms with Gasteiger partial charge in [0.2, 0.25) is 0 Å². The maximum Gasteiger partial charge on any atom is 0.144 e. The molecule has 0 unspecified atom stereocenters. The van der Waals surface area contributed by atoms with E-state index < -0.39 is 15.7 Å². The molecular formula is C12H16FNOS. The van der Waals surface area contributed by atoms with Gasteiger partial charge in [0.25, 0.3) is 0 Å². The highest BCUT2D eigenvalue weighted by Gasteiger charge is 2.18. The molecule has 0 aromatic heterocycles. The van der Waals surface area contributed by atoms with Crippen LogP contribution in [0.1, 0.15) is 31.9 Å². The summed E-state index contributed by atoms with van der Waals surface area (Å²) >= 11 is 0. The van der Waals surface area contributed by atoms with Gasteiger partial charge in [-0.25, -0.2) is 8.60 Å². The van der Waals surface area contributed by atoms with Crippen LogP contribution >= 0.6 is 0 Å². The summed E-state index contributed by atoms with van der Waals surface area (Å²) in [4.78, 5) is 0. The van der Waals surface area contributed by atoms with Crippen molar-refractivity contribution in [2.45, 2.75) is 32.4 Å². The summed E-state index contributed by atoms with van der Waals surface area (Å²) in [6.07, 6.45) is 1.47. The molecule has 16 heavy (non-hydrogen) atoms. The van der Waals surface area contributed by atoms with E-state index in [1.807, 2.05) is 20.8 Å². The fraction of sp³-hybridized carbons (Fsp3) is 0.417. The van der Waals surface area contributed by atoms with Gasteiger partial charge in [-0.2, -0.15) is 4.40 Å². The summed E-state index contributed by atoms with van der Waals surface area (Å²) in [5.74, 6) is -0.273. The van der Waals surface area contributed by atoms with E-state index in [1.54, 1.807) is 19.1 Å². The molecule has 0 saturated heterocycles. The molecule has 0 radical (unpaired) electrons. The Morgan fingerprint density at radius 2 is 2.00 bits per heavy atom. The molecule has 0 fully saturated rings. The molecule has 0 heterocycles. The minimum absolute atomic E-state index is 0.273. The molecule has 1 atom stereocenters. The Kier molecular flexibility index (Phi) is 3.97. The summed E-state index contributed by atoms with van der Waals surface area (Å²) in [5, 5.41) is 0. The molecule has 0 amide bonds. The molecule has 2 nitrogen and oxygen atoms in total. The molecule has 0 N–H and O–H groups in total. The third kappa shape index (κ3) is 3.23. The van der Waals surface area contributed by atoms with E-state index in [-0.39, 0.29) is 5.82 Å². The van der Waals surface area contributed by atoms with Gasteiger partial charge >= 0.3 is 0 Å². The van der Waals surface area contributed by atoms with Crippen molar-refractivity contribution in [2.75, 3.05) is 0 Å². The molecule has 1 aromatic carbocycles. The Labute approximate surface area is 98.2 Å². The number of hydrogen-bond donors (Lipinski definition) is 0. The quantitative estimate of drug-likeness (QED) is 0.732. The number of halogens is 1. The zero-order valence-electron chi connectivity index (χ0n) is 9.95. The Hall–Kier alpha value is -1.03. The number of nitrogens with zero attached hydrogens (tertiary/aromatic N) is 1. The van der Waals surface area contributed by atoms with Crippen LogP contribution in [-0.2, 0) is 11.0 Å². The Balaban J connectivity index is 2.94. The highest BCUT2D eigenvalue weighted by Crippen LogP contribution is 2.14. The molecule has 0 aliphatic heterocycles. The van der Waals surface area contributed by atoms with Crippen molar-refractivity contribution in [3.05, 3.63) is 35.1 Å². The van der Waals surface area contributed by atoms with Crippen molar-refractivity contribution in [3.63, 3.8) is 0 Å². The van der Waals surface area contributed by atoms with Gasteiger partial charge in [-0.15, -0.1) is 0 Å². The maximum absolute atomic E-state index is 13.2. The van der Waals surface area contributed by atoms with E-state index in [0.29, 0.717) is 11.1 Å². The molecule has 0 bridgehead atoms. The third-order valence-electron chi connectivity index (χ3n) is 2.12. The first kappa shape index (κ1) is 13.0. The van der Waals surface area contributed by atoms with Crippen LogP contribution in [0.2, 0.25) is 0 Å². The lowest BCUT2D eigenvalue weighted by molar-refractivity contribution is 0.618. The van der Waals surface area contributed by atoms with E-state index >= 15 is 0 Å². The molecule has 4 heteroatoms. The van der Waals surface area contributed by atoms with Crippen molar-refractivity contribution in [1.29, 1.82) is 0 Å². The van der Waals surface area contributed by atoms with Gasteiger partial charge in [0.05, 0.1) is 4.75 Å². The lowest BCUT2D eigenvalue weighted by Gasteiger charge is -2.12. The molecule has 1 rings (SSSR count). The second kappa shape index (κ2) is 4.87. The van der Waals surface area contributed by atoms with E-state index in [2.05, 4.69) is 4.40 Å².